The SMILES string of the molecule is C[Si](C)(C)CCCS(=O)(=O)O.[H-].[H-].[Na+].[Na+]. The van der Waals surface area contributed by atoms with Gasteiger partial charge in [0.15, 0.2) is 0 Å². The van der Waals surface area contributed by atoms with Crippen molar-refractivity contribution in [3.8, 4) is 0 Å². The van der Waals surface area contributed by atoms with Gasteiger partial charge < -0.3 is 2.85 Å². The Hall–Kier alpha value is 2.13. The maximum Gasteiger partial charge on any atom is 1.00 e. The Bertz CT molecular complexity index is 219. The predicted octanol–water partition coefficient (Wildman–Crippen LogP) is -4.16. The van der Waals surface area contributed by atoms with Crippen LogP contribution in [0.1, 0.15) is 9.27 Å². The van der Waals surface area contributed by atoms with Gasteiger partial charge in [0.1, 0.15) is 0 Å². The van der Waals surface area contributed by atoms with Crippen LogP contribution in [0.25, 0.3) is 0 Å². The Morgan fingerprint density at radius 3 is 1.85 bits per heavy atom. The van der Waals surface area contributed by atoms with E-state index in [9.17, 15) is 8.42 Å². The Labute approximate surface area is 129 Å². The van der Waals surface area contributed by atoms with Crippen LogP contribution in [0.15, 0.2) is 0 Å². The standard InChI is InChI=1S/C6H16O3SSi.2Na.2H/c1-11(2,3)6-4-5-10(7,8)9;;;;/h4-6H2,1-3H3,(H,7,8,9);;;;/q;2*+1;2*-1. The van der Waals surface area contributed by atoms with Crippen LogP contribution in [0.2, 0.25) is 25.7 Å². The second-order valence-corrected chi connectivity index (χ2v) is 11.1. The van der Waals surface area contributed by atoms with Crippen molar-refractivity contribution in [2.24, 2.45) is 0 Å². The van der Waals surface area contributed by atoms with Gasteiger partial charge in [0.2, 0.25) is 0 Å². The molecule has 0 spiro atoms. The van der Waals surface area contributed by atoms with Crippen molar-refractivity contribution < 1.29 is 74.9 Å². The normalized spacial score (nSPS) is 11.4. The summed E-state index contributed by atoms with van der Waals surface area (Å²) in [5, 5.41) is 0. The minimum atomic E-state index is -3.72. The molecule has 0 unspecified atom stereocenters. The third kappa shape index (κ3) is 20.3. The molecule has 0 aromatic heterocycles. The van der Waals surface area contributed by atoms with Gasteiger partial charge in [-0.25, -0.2) is 0 Å². The van der Waals surface area contributed by atoms with E-state index in [0.717, 1.165) is 6.04 Å². The van der Waals surface area contributed by atoms with Crippen molar-refractivity contribution in [3.05, 3.63) is 0 Å². The molecule has 0 aliphatic heterocycles. The molecule has 0 saturated carbocycles. The van der Waals surface area contributed by atoms with Crippen LogP contribution in [0.4, 0.5) is 0 Å². The van der Waals surface area contributed by atoms with Gasteiger partial charge in [-0.05, 0) is 6.42 Å². The fourth-order valence-corrected chi connectivity index (χ4v) is 2.79. The van der Waals surface area contributed by atoms with Crippen molar-refractivity contribution in [1.82, 2.24) is 0 Å². The molecular formula is C6H18Na2O3SSi. The van der Waals surface area contributed by atoms with E-state index in [-0.39, 0.29) is 67.7 Å². The first-order valence-corrected chi connectivity index (χ1v) is 8.97. The predicted molar refractivity (Wildman–Crippen MR) is 51.4 cm³/mol. The first kappa shape index (κ1) is 20.5. The molecule has 0 fully saturated rings. The summed E-state index contributed by atoms with van der Waals surface area (Å²) in [5.41, 5.74) is 0. The molecule has 1 N–H and O–H groups in total. The van der Waals surface area contributed by atoms with Crippen LogP contribution in [0.5, 0.6) is 0 Å². The van der Waals surface area contributed by atoms with Gasteiger partial charge in [0, 0.05) is 8.07 Å². The summed E-state index contributed by atoms with van der Waals surface area (Å²) >= 11 is 0. The first-order valence-electron chi connectivity index (χ1n) is 3.66. The first-order chi connectivity index (χ1) is 4.71. The van der Waals surface area contributed by atoms with Gasteiger partial charge in [-0.3, -0.25) is 4.55 Å². The Kier molecular flexibility index (Phi) is 13.1. The molecule has 0 rings (SSSR count). The number of hydrogen-bond donors (Lipinski definition) is 1. The monoisotopic (exact) mass is 244 g/mol. The maximum atomic E-state index is 10.3. The molecule has 0 aromatic carbocycles. The maximum absolute atomic E-state index is 10.3. The fourth-order valence-electron chi connectivity index (χ4n) is 0.785. The third-order valence-corrected chi connectivity index (χ3v) is 3.99. The van der Waals surface area contributed by atoms with Crippen LogP contribution >= 0.6 is 0 Å². The minimum Gasteiger partial charge on any atom is -1.00 e. The average Bonchev–Trinajstić information content (AvgIpc) is 1.55. The van der Waals surface area contributed by atoms with Crippen LogP contribution < -0.4 is 59.1 Å². The van der Waals surface area contributed by atoms with E-state index in [1.54, 1.807) is 0 Å². The van der Waals surface area contributed by atoms with Crippen LogP contribution in [-0.4, -0.2) is 26.8 Å². The van der Waals surface area contributed by atoms with Crippen molar-refractivity contribution in [2.75, 3.05) is 5.75 Å². The quantitative estimate of drug-likeness (QED) is 0.403. The number of rotatable bonds is 4. The van der Waals surface area contributed by atoms with E-state index < -0.39 is 18.2 Å². The molecule has 7 heteroatoms. The van der Waals surface area contributed by atoms with Gasteiger partial charge in [-0.15, -0.1) is 0 Å². The van der Waals surface area contributed by atoms with E-state index >= 15 is 0 Å². The topological polar surface area (TPSA) is 54.4 Å². The summed E-state index contributed by atoms with van der Waals surface area (Å²) in [6.07, 6.45) is 0.592. The zero-order valence-electron chi connectivity index (χ0n) is 11.3. The smallest absolute Gasteiger partial charge is 1.00 e. The Morgan fingerprint density at radius 1 is 1.23 bits per heavy atom. The summed E-state index contributed by atoms with van der Waals surface area (Å²) in [7, 11) is -4.86. The van der Waals surface area contributed by atoms with Crippen molar-refractivity contribution in [3.63, 3.8) is 0 Å². The zero-order chi connectivity index (χ0) is 9.12. The van der Waals surface area contributed by atoms with Crippen LogP contribution in [-0.2, 0) is 10.1 Å². The summed E-state index contributed by atoms with van der Waals surface area (Å²) in [4.78, 5) is 0. The second-order valence-electron chi connectivity index (χ2n) is 3.95. The molecule has 0 aliphatic rings. The van der Waals surface area contributed by atoms with Gasteiger partial charge >= 0.3 is 59.1 Å². The van der Waals surface area contributed by atoms with E-state index in [1.807, 2.05) is 0 Å². The van der Waals surface area contributed by atoms with E-state index in [0.29, 0.717) is 6.42 Å². The Morgan fingerprint density at radius 2 is 1.62 bits per heavy atom. The molecule has 0 radical (unpaired) electrons. The van der Waals surface area contributed by atoms with E-state index in [2.05, 4.69) is 19.6 Å². The van der Waals surface area contributed by atoms with Crippen LogP contribution in [0.3, 0.4) is 0 Å². The van der Waals surface area contributed by atoms with E-state index in [1.165, 1.54) is 0 Å². The summed E-state index contributed by atoms with van der Waals surface area (Å²) in [6.45, 7) is 6.53. The van der Waals surface area contributed by atoms with Gasteiger partial charge in [-0.1, -0.05) is 25.7 Å². The molecule has 72 valence electrons. The largest absolute Gasteiger partial charge is 1.00 e. The average molecular weight is 244 g/mol. The van der Waals surface area contributed by atoms with Gasteiger partial charge in [0.05, 0.1) is 5.75 Å². The van der Waals surface area contributed by atoms with Gasteiger partial charge in [-0.2, -0.15) is 8.42 Å². The summed E-state index contributed by atoms with van der Waals surface area (Å²) < 4.78 is 29.0. The molecule has 0 bridgehead atoms. The molecule has 0 aromatic rings. The zero-order valence-corrected chi connectivity index (χ0v) is 15.1. The van der Waals surface area contributed by atoms with Crippen LogP contribution in [0, 0.1) is 0 Å². The van der Waals surface area contributed by atoms with E-state index in [4.69, 9.17) is 4.55 Å². The van der Waals surface area contributed by atoms with Gasteiger partial charge in [0.25, 0.3) is 10.1 Å². The molecule has 0 saturated heterocycles. The molecule has 0 atom stereocenters. The molecule has 0 aliphatic carbocycles. The fraction of sp³-hybridized carbons (Fsp3) is 1.00. The molecule has 3 nitrogen and oxygen atoms in total. The summed E-state index contributed by atoms with van der Waals surface area (Å²) in [5.74, 6) is -0.0860. The van der Waals surface area contributed by atoms with Crippen molar-refractivity contribution >= 4 is 18.2 Å². The Balaban J connectivity index is -0.0000000833. The third-order valence-electron chi connectivity index (χ3n) is 1.33. The molecule has 0 amide bonds. The van der Waals surface area contributed by atoms with Crippen molar-refractivity contribution in [2.45, 2.75) is 32.1 Å². The summed E-state index contributed by atoms with van der Waals surface area (Å²) in [6, 6.07) is 0.951. The second kappa shape index (κ2) is 8.30. The molecule has 13 heavy (non-hydrogen) atoms. The van der Waals surface area contributed by atoms with Crippen molar-refractivity contribution in [1.29, 1.82) is 0 Å². The minimum absolute atomic E-state index is 0. The molecule has 0 heterocycles. The number of hydrogen-bond acceptors (Lipinski definition) is 2. The molecular weight excluding hydrogens is 226 g/mol.